The minimum Gasteiger partial charge on any atom is -0.380 e. The third-order valence-electron chi connectivity index (χ3n) is 4.90. The summed E-state index contributed by atoms with van der Waals surface area (Å²) in [7, 11) is 1.69. The van der Waals surface area contributed by atoms with Gasteiger partial charge in [-0.2, -0.15) is 0 Å². The number of rotatable bonds is 4. The molecule has 5 heteroatoms. The molecule has 1 heterocycles. The summed E-state index contributed by atoms with van der Waals surface area (Å²) >= 11 is 0. The minimum atomic E-state index is 0.0551. The first-order valence-electron chi connectivity index (χ1n) is 7.82. The maximum atomic E-state index is 6.14. The maximum Gasteiger partial charge on any atom is 0.193 e. The number of hydrogen-bond donors (Lipinski definition) is 2. The van der Waals surface area contributed by atoms with Crippen molar-refractivity contribution in [2.45, 2.75) is 39.0 Å². The minimum absolute atomic E-state index is 0.0551. The molecule has 1 aromatic carbocycles. The second kappa shape index (κ2) is 5.89. The highest BCUT2D eigenvalue weighted by Crippen LogP contribution is 2.53. The number of guanidine groups is 1. The molecule has 2 fully saturated rings. The van der Waals surface area contributed by atoms with Crippen LogP contribution in [0.25, 0.3) is 0 Å². The molecule has 1 aliphatic carbocycles. The van der Waals surface area contributed by atoms with Gasteiger partial charge >= 0.3 is 0 Å². The van der Waals surface area contributed by atoms with Gasteiger partial charge < -0.3 is 20.5 Å². The van der Waals surface area contributed by atoms with Crippen LogP contribution in [0.2, 0.25) is 0 Å². The number of nitrogens with one attached hydrogen (secondary N) is 1. The molecule has 3 unspecified atom stereocenters. The second-order valence-corrected chi connectivity index (χ2v) is 6.74. The van der Waals surface area contributed by atoms with Crippen LogP contribution in [0.5, 0.6) is 0 Å². The Labute approximate surface area is 131 Å². The van der Waals surface area contributed by atoms with E-state index < -0.39 is 0 Å². The Bertz CT molecular complexity index is 571. The van der Waals surface area contributed by atoms with E-state index in [2.05, 4.69) is 19.2 Å². The number of nitrogens with zero attached hydrogens (tertiary/aromatic N) is 1. The summed E-state index contributed by atoms with van der Waals surface area (Å²) in [6.07, 6.45) is 1.41. The topological polar surface area (TPSA) is 68.9 Å². The van der Waals surface area contributed by atoms with Gasteiger partial charge in [-0.25, -0.2) is 4.99 Å². The summed E-state index contributed by atoms with van der Waals surface area (Å²) in [5.41, 5.74) is 8.21. The third kappa shape index (κ3) is 2.59. The van der Waals surface area contributed by atoms with Crippen LogP contribution in [0.15, 0.2) is 29.3 Å². The lowest BCUT2D eigenvalue weighted by atomic mass is 9.57. The number of nitrogens with two attached hydrogens (primary N) is 1. The summed E-state index contributed by atoms with van der Waals surface area (Å²) in [4.78, 5) is 4.74. The molecule has 0 bridgehead atoms. The number of fused-ring (bicyclic) bond motifs is 1. The molecule has 5 nitrogen and oxygen atoms in total. The van der Waals surface area contributed by atoms with Gasteiger partial charge in [0.15, 0.2) is 5.96 Å². The SMILES string of the molecule is COCc1ccccc1NC(N)=NC1C2CCOC2C1(C)C. The number of hydrogen-bond acceptors (Lipinski definition) is 3. The summed E-state index contributed by atoms with van der Waals surface area (Å²) in [6.45, 7) is 5.80. The average Bonchev–Trinajstić information content (AvgIpc) is 2.94. The lowest BCUT2D eigenvalue weighted by molar-refractivity contribution is -0.0985. The molecule has 1 aromatic rings. The molecular weight excluding hydrogens is 278 g/mol. The third-order valence-corrected chi connectivity index (χ3v) is 4.90. The van der Waals surface area contributed by atoms with Crippen molar-refractivity contribution in [2.24, 2.45) is 22.1 Å². The van der Waals surface area contributed by atoms with E-state index in [9.17, 15) is 0 Å². The van der Waals surface area contributed by atoms with E-state index in [0.29, 0.717) is 24.6 Å². The maximum absolute atomic E-state index is 6.14. The zero-order valence-electron chi connectivity index (χ0n) is 13.5. The Morgan fingerprint density at radius 2 is 2.23 bits per heavy atom. The van der Waals surface area contributed by atoms with Gasteiger partial charge in [-0.1, -0.05) is 32.0 Å². The summed E-state index contributed by atoms with van der Waals surface area (Å²) in [5, 5.41) is 3.22. The molecule has 3 atom stereocenters. The van der Waals surface area contributed by atoms with Crippen molar-refractivity contribution >= 4 is 11.6 Å². The molecule has 0 radical (unpaired) electrons. The van der Waals surface area contributed by atoms with Gasteiger partial charge in [-0.05, 0) is 12.5 Å². The van der Waals surface area contributed by atoms with Crippen LogP contribution in [-0.4, -0.2) is 31.8 Å². The van der Waals surface area contributed by atoms with Crippen LogP contribution in [0.1, 0.15) is 25.8 Å². The molecule has 22 heavy (non-hydrogen) atoms. The largest absolute Gasteiger partial charge is 0.380 e. The highest BCUT2D eigenvalue weighted by Gasteiger charge is 2.59. The second-order valence-electron chi connectivity index (χ2n) is 6.74. The molecule has 0 aromatic heterocycles. The monoisotopic (exact) mass is 303 g/mol. The zero-order chi connectivity index (χ0) is 15.7. The molecule has 1 aliphatic heterocycles. The van der Waals surface area contributed by atoms with E-state index in [1.807, 2.05) is 24.3 Å². The van der Waals surface area contributed by atoms with Gasteiger partial charge in [0.05, 0.1) is 18.8 Å². The van der Waals surface area contributed by atoms with Crippen LogP contribution in [0.4, 0.5) is 5.69 Å². The van der Waals surface area contributed by atoms with Gasteiger partial charge in [0.1, 0.15) is 0 Å². The quantitative estimate of drug-likeness (QED) is 0.662. The van der Waals surface area contributed by atoms with E-state index in [0.717, 1.165) is 24.3 Å². The van der Waals surface area contributed by atoms with Crippen molar-refractivity contribution < 1.29 is 9.47 Å². The normalized spacial score (nSPS) is 29.8. The lowest BCUT2D eigenvalue weighted by Crippen LogP contribution is -2.59. The number of methoxy groups -OCH3 is 1. The van der Waals surface area contributed by atoms with Crippen molar-refractivity contribution in [3.63, 3.8) is 0 Å². The van der Waals surface area contributed by atoms with Crippen LogP contribution >= 0.6 is 0 Å². The number of para-hydroxylation sites is 1. The summed E-state index contributed by atoms with van der Waals surface area (Å²) in [5.74, 6) is 0.969. The van der Waals surface area contributed by atoms with Crippen LogP contribution in [-0.2, 0) is 16.1 Å². The molecule has 3 N–H and O–H groups in total. The molecule has 0 amide bonds. The fourth-order valence-corrected chi connectivity index (χ4v) is 3.80. The van der Waals surface area contributed by atoms with Crippen LogP contribution in [0, 0.1) is 11.3 Å². The number of aliphatic imine (C=N–C) groups is 1. The zero-order valence-corrected chi connectivity index (χ0v) is 13.5. The number of anilines is 1. The fourth-order valence-electron chi connectivity index (χ4n) is 3.80. The van der Waals surface area contributed by atoms with Crippen molar-refractivity contribution in [1.29, 1.82) is 0 Å². The first-order valence-corrected chi connectivity index (χ1v) is 7.82. The van der Waals surface area contributed by atoms with Gasteiger partial charge in [0.2, 0.25) is 0 Å². The van der Waals surface area contributed by atoms with E-state index >= 15 is 0 Å². The summed E-state index contributed by atoms with van der Waals surface area (Å²) in [6, 6.07) is 8.20. The molecule has 120 valence electrons. The van der Waals surface area contributed by atoms with Gasteiger partial charge in [0, 0.05) is 36.3 Å². The average molecular weight is 303 g/mol. The predicted molar refractivity (Wildman–Crippen MR) is 87.8 cm³/mol. The van der Waals surface area contributed by atoms with Gasteiger partial charge in [-0.3, -0.25) is 0 Å². The van der Waals surface area contributed by atoms with E-state index in [1.165, 1.54) is 0 Å². The number of benzene rings is 1. The Hall–Kier alpha value is -1.59. The Kier molecular flexibility index (Phi) is 4.10. The molecule has 2 aliphatic rings. The van der Waals surface area contributed by atoms with Crippen molar-refractivity contribution in [3.8, 4) is 0 Å². The Balaban J connectivity index is 1.73. The molecule has 0 spiro atoms. The van der Waals surface area contributed by atoms with Gasteiger partial charge in [0.25, 0.3) is 0 Å². The summed E-state index contributed by atoms with van der Waals surface area (Å²) < 4.78 is 11.0. The molecule has 1 saturated carbocycles. The highest BCUT2D eigenvalue weighted by molar-refractivity contribution is 5.93. The molecule has 3 rings (SSSR count). The first kappa shape index (κ1) is 15.3. The predicted octanol–water partition coefficient (Wildman–Crippen LogP) is 2.37. The van der Waals surface area contributed by atoms with E-state index in [4.69, 9.17) is 20.2 Å². The lowest BCUT2D eigenvalue weighted by Gasteiger charge is -2.52. The fraction of sp³-hybridized carbons (Fsp3) is 0.588. The van der Waals surface area contributed by atoms with Crippen LogP contribution < -0.4 is 11.1 Å². The van der Waals surface area contributed by atoms with Gasteiger partial charge in [-0.15, -0.1) is 0 Å². The van der Waals surface area contributed by atoms with E-state index in [-0.39, 0.29) is 11.5 Å². The highest BCUT2D eigenvalue weighted by atomic mass is 16.5. The van der Waals surface area contributed by atoms with E-state index in [1.54, 1.807) is 7.11 Å². The molecular formula is C17H25N3O2. The van der Waals surface area contributed by atoms with Crippen molar-refractivity contribution in [2.75, 3.05) is 19.0 Å². The Morgan fingerprint density at radius 3 is 3.00 bits per heavy atom. The first-order chi connectivity index (χ1) is 10.5. The standard InChI is InChI=1S/C17H25N3O2/c1-17(2)14(12-8-9-22-15(12)17)20-16(18)19-13-7-5-4-6-11(13)10-21-3/h4-7,12,14-15H,8-10H2,1-3H3,(H3,18,19,20). The number of ether oxygens (including phenoxy) is 2. The van der Waals surface area contributed by atoms with Crippen molar-refractivity contribution in [3.05, 3.63) is 29.8 Å². The smallest absolute Gasteiger partial charge is 0.193 e. The van der Waals surface area contributed by atoms with Crippen molar-refractivity contribution in [1.82, 2.24) is 0 Å². The van der Waals surface area contributed by atoms with Crippen LogP contribution in [0.3, 0.4) is 0 Å². The molecule has 1 saturated heterocycles. The Morgan fingerprint density at radius 1 is 1.45 bits per heavy atom.